The molecule has 1 radical (unpaired) electrons. The van der Waals surface area contributed by atoms with E-state index >= 15 is 0 Å². The van der Waals surface area contributed by atoms with Gasteiger partial charge in [0.1, 0.15) is 5.60 Å². The maximum atomic E-state index is 12.7. The molecule has 0 aromatic carbocycles. The van der Waals surface area contributed by atoms with Gasteiger partial charge in [0.25, 0.3) is 0 Å². The molecule has 1 heteroatoms. The van der Waals surface area contributed by atoms with Gasteiger partial charge in [-0.15, -0.1) is 0 Å². The highest BCUT2D eigenvalue weighted by Gasteiger charge is 2.33. The molecular formula is C14H29O. The van der Waals surface area contributed by atoms with Gasteiger partial charge in [-0.1, -0.05) is 59.8 Å². The van der Waals surface area contributed by atoms with Gasteiger partial charge in [0.2, 0.25) is 0 Å². The first kappa shape index (κ1) is 15.0. The Bertz CT molecular complexity index is 144. The summed E-state index contributed by atoms with van der Waals surface area (Å²) in [5.41, 5.74) is -0.639. The third-order valence-corrected chi connectivity index (χ3v) is 3.52. The summed E-state index contributed by atoms with van der Waals surface area (Å²) in [4.78, 5) is 0. The SMILES string of the molecule is CCCCC(C)C([O])(CCC)CCCC. The van der Waals surface area contributed by atoms with Crippen LogP contribution in [0.3, 0.4) is 0 Å². The van der Waals surface area contributed by atoms with E-state index in [4.69, 9.17) is 0 Å². The Kier molecular flexibility index (Phi) is 8.13. The lowest BCUT2D eigenvalue weighted by Crippen LogP contribution is -2.34. The van der Waals surface area contributed by atoms with Crippen LogP contribution in [0.25, 0.3) is 0 Å². The van der Waals surface area contributed by atoms with E-state index in [1.54, 1.807) is 0 Å². The lowest BCUT2D eigenvalue weighted by atomic mass is 9.78. The van der Waals surface area contributed by atoms with Gasteiger partial charge in [0.05, 0.1) is 0 Å². The van der Waals surface area contributed by atoms with Gasteiger partial charge in [-0.25, -0.2) is 5.11 Å². The normalized spacial score (nSPS) is 17.4. The second-order valence-corrected chi connectivity index (χ2v) is 4.96. The fraction of sp³-hybridized carbons (Fsp3) is 1.00. The van der Waals surface area contributed by atoms with Gasteiger partial charge in [0.15, 0.2) is 0 Å². The molecule has 0 spiro atoms. The minimum atomic E-state index is -0.639. The first-order valence-electron chi connectivity index (χ1n) is 6.81. The number of hydrogen-bond acceptors (Lipinski definition) is 0. The maximum Gasteiger partial charge on any atom is 0.106 e. The van der Waals surface area contributed by atoms with Crippen molar-refractivity contribution in [3.63, 3.8) is 0 Å². The van der Waals surface area contributed by atoms with Crippen LogP contribution >= 0.6 is 0 Å². The van der Waals surface area contributed by atoms with E-state index in [0.717, 1.165) is 38.5 Å². The Hall–Kier alpha value is -0.0400. The van der Waals surface area contributed by atoms with Crippen molar-refractivity contribution in [2.45, 2.75) is 84.7 Å². The molecule has 0 saturated carbocycles. The molecule has 0 bridgehead atoms. The van der Waals surface area contributed by atoms with E-state index < -0.39 is 5.60 Å². The molecule has 2 unspecified atom stereocenters. The van der Waals surface area contributed by atoms with Crippen LogP contribution in [0.5, 0.6) is 0 Å². The molecule has 0 N–H and O–H groups in total. The zero-order chi connectivity index (χ0) is 11.7. The van der Waals surface area contributed by atoms with Gasteiger partial charge in [-0.3, -0.25) is 0 Å². The second kappa shape index (κ2) is 8.15. The van der Waals surface area contributed by atoms with Crippen molar-refractivity contribution in [1.29, 1.82) is 0 Å². The summed E-state index contributed by atoms with van der Waals surface area (Å²) in [6.07, 6.45) is 8.54. The third-order valence-electron chi connectivity index (χ3n) is 3.52. The standard InChI is InChI=1S/C14H29O/c1-5-8-10-13(4)14(15,11-7-3)12-9-6-2/h13H,5-12H2,1-4H3. The van der Waals surface area contributed by atoms with E-state index in [2.05, 4.69) is 27.7 Å². The van der Waals surface area contributed by atoms with E-state index in [-0.39, 0.29) is 0 Å². The zero-order valence-corrected chi connectivity index (χ0v) is 11.1. The fourth-order valence-corrected chi connectivity index (χ4v) is 2.29. The molecule has 0 aliphatic rings. The van der Waals surface area contributed by atoms with Gasteiger partial charge < -0.3 is 0 Å². The highest BCUT2D eigenvalue weighted by molar-refractivity contribution is 4.83. The smallest absolute Gasteiger partial charge is 0.106 e. The third kappa shape index (κ3) is 5.55. The summed E-state index contributed by atoms with van der Waals surface area (Å²) >= 11 is 0. The zero-order valence-electron chi connectivity index (χ0n) is 11.1. The number of rotatable bonds is 9. The Morgan fingerprint density at radius 3 is 2.00 bits per heavy atom. The summed E-state index contributed by atoms with van der Waals surface area (Å²) in [5, 5.41) is 12.7. The van der Waals surface area contributed by atoms with Crippen molar-refractivity contribution >= 4 is 0 Å². The van der Waals surface area contributed by atoms with Crippen molar-refractivity contribution in [3.05, 3.63) is 0 Å². The van der Waals surface area contributed by atoms with Crippen molar-refractivity contribution in [1.82, 2.24) is 0 Å². The van der Waals surface area contributed by atoms with Crippen molar-refractivity contribution in [2.75, 3.05) is 0 Å². The summed E-state index contributed by atoms with van der Waals surface area (Å²) in [5.74, 6) is 0.351. The van der Waals surface area contributed by atoms with Crippen molar-refractivity contribution in [2.24, 2.45) is 5.92 Å². The molecule has 2 atom stereocenters. The Morgan fingerprint density at radius 1 is 0.933 bits per heavy atom. The molecule has 0 aromatic rings. The minimum absolute atomic E-state index is 0.351. The predicted molar refractivity (Wildman–Crippen MR) is 66.5 cm³/mol. The van der Waals surface area contributed by atoms with Crippen LogP contribution in [0.15, 0.2) is 0 Å². The Morgan fingerprint density at radius 2 is 1.53 bits per heavy atom. The van der Waals surface area contributed by atoms with Crippen LogP contribution in [0.4, 0.5) is 0 Å². The number of hydrogen-bond donors (Lipinski definition) is 0. The van der Waals surface area contributed by atoms with Gasteiger partial charge in [-0.05, 0) is 25.2 Å². The van der Waals surface area contributed by atoms with Crippen LogP contribution in [0.2, 0.25) is 0 Å². The molecule has 1 nitrogen and oxygen atoms in total. The van der Waals surface area contributed by atoms with Gasteiger partial charge >= 0.3 is 0 Å². The molecule has 0 rings (SSSR count). The van der Waals surface area contributed by atoms with Crippen molar-refractivity contribution < 1.29 is 5.11 Å². The van der Waals surface area contributed by atoms with E-state index in [1.807, 2.05) is 0 Å². The summed E-state index contributed by atoms with van der Waals surface area (Å²) in [7, 11) is 0. The van der Waals surface area contributed by atoms with Crippen LogP contribution in [-0.4, -0.2) is 5.60 Å². The molecule has 15 heavy (non-hydrogen) atoms. The Labute approximate surface area is 96.3 Å². The summed E-state index contributed by atoms with van der Waals surface area (Å²) in [6, 6.07) is 0. The largest absolute Gasteiger partial charge is 0.229 e. The lowest BCUT2D eigenvalue weighted by molar-refractivity contribution is -0.0900. The maximum absolute atomic E-state index is 12.7. The average Bonchev–Trinajstić information content (AvgIpc) is 2.23. The molecule has 0 saturated heterocycles. The fourth-order valence-electron chi connectivity index (χ4n) is 2.29. The minimum Gasteiger partial charge on any atom is -0.229 e. The van der Waals surface area contributed by atoms with Crippen LogP contribution in [0.1, 0.15) is 79.1 Å². The van der Waals surface area contributed by atoms with E-state index in [1.165, 1.54) is 12.8 Å². The lowest BCUT2D eigenvalue weighted by Gasteiger charge is -2.32. The highest BCUT2D eigenvalue weighted by Crippen LogP contribution is 2.32. The van der Waals surface area contributed by atoms with Crippen LogP contribution in [-0.2, 0) is 5.11 Å². The number of unbranched alkanes of at least 4 members (excludes halogenated alkanes) is 2. The first-order valence-corrected chi connectivity index (χ1v) is 6.81. The molecule has 0 heterocycles. The van der Waals surface area contributed by atoms with Gasteiger partial charge in [0, 0.05) is 0 Å². The van der Waals surface area contributed by atoms with Crippen LogP contribution < -0.4 is 0 Å². The highest BCUT2D eigenvalue weighted by atomic mass is 16.3. The van der Waals surface area contributed by atoms with E-state index in [9.17, 15) is 5.11 Å². The molecule has 0 amide bonds. The monoisotopic (exact) mass is 213 g/mol. The average molecular weight is 213 g/mol. The second-order valence-electron chi connectivity index (χ2n) is 4.96. The Balaban J connectivity index is 4.18. The van der Waals surface area contributed by atoms with Crippen LogP contribution in [0, 0.1) is 5.92 Å². The molecule has 0 aliphatic heterocycles. The molecular weight excluding hydrogens is 184 g/mol. The molecule has 0 aromatic heterocycles. The summed E-state index contributed by atoms with van der Waals surface area (Å²) in [6.45, 7) is 8.66. The topological polar surface area (TPSA) is 19.9 Å². The quantitative estimate of drug-likeness (QED) is 0.515. The predicted octanol–water partition coefficient (Wildman–Crippen LogP) is 4.97. The first-order chi connectivity index (χ1) is 7.10. The van der Waals surface area contributed by atoms with Gasteiger partial charge in [-0.2, -0.15) is 0 Å². The molecule has 91 valence electrons. The van der Waals surface area contributed by atoms with Crippen molar-refractivity contribution in [3.8, 4) is 0 Å². The van der Waals surface area contributed by atoms with E-state index in [0.29, 0.717) is 5.92 Å². The summed E-state index contributed by atoms with van der Waals surface area (Å²) < 4.78 is 0. The molecule has 0 aliphatic carbocycles. The molecule has 0 fully saturated rings.